The van der Waals surface area contributed by atoms with Gasteiger partial charge in [-0.15, -0.1) is 0 Å². The van der Waals surface area contributed by atoms with Crippen molar-refractivity contribution in [2.24, 2.45) is 28.6 Å². The topological polar surface area (TPSA) is 46.5 Å². The van der Waals surface area contributed by atoms with E-state index in [1.807, 2.05) is 0 Å². The molecule has 4 rings (SSSR count). The Labute approximate surface area is 145 Å². The van der Waals surface area contributed by atoms with Crippen molar-refractivity contribution in [2.75, 3.05) is 6.61 Å². The monoisotopic (exact) mass is 332 g/mol. The molecule has 24 heavy (non-hydrogen) atoms. The Morgan fingerprint density at radius 3 is 2.83 bits per heavy atom. The number of esters is 1. The lowest BCUT2D eigenvalue weighted by Crippen LogP contribution is -2.52. The molecule has 3 nitrogen and oxygen atoms in total. The summed E-state index contributed by atoms with van der Waals surface area (Å²) in [5.74, 6) is 2.07. The molecule has 0 radical (unpaired) electrons. The van der Waals surface area contributed by atoms with Crippen LogP contribution in [0.2, 0.25) is 0 Å². The SMILES string of the molecule is CC(=O)OC1CC[C@@]2(CO)C(=CC[C@H]3[C@@H]4CCC[C@@]4(C)CC[C@@H]32)C1. The van der Waals surface area contributed by atoms with Crippen LogP contribution in [0.25, 0.3) is 0 Å². The second kappa shape index (κ2) is 5.86. The summed E-state index contributed by atoms with van der Waals surface area (Å²) in [4.78, 5) is 11.3. The number of rotatable bonds is 2. The quantitative estimate of drug-likeness (QED) is 0.607. The molecular weight excluding hydrogens is 300 g/mol. The number of aliphatic hydroxyl groups excluding tert-OH is 1. The minimum Gasteiger partial charge on any atom is -0.462 e. The molecule has 3 fully saturated rings. The Kier molecular flexibility index (Phi) is 4.06. The molecule has 4 aliphatic carbocycles. The number of carbonyl (C=O) groups is 1. The number of hydrogen-bond donors (Lipinski definition) is 1. The van der Waals surface area contributed by atoms with Gasteiger partial charge in [-0.3, -0.25) is 4.79 Å². The van der Waals surface area contributed by atoms with Gasteiger partial charge in [-0.2, -0.15) is 0 Å². The Hall–Kier alpha value is -0.830. The van der Waals surface area contributed by atoms with Crippen molar-refractivity contribution in [3.63, 3.8) is 0 Å². The third-order valence-electron chi connectivity index (χ3n) is 8.18. The first-order valence-corrected chi connectivity index (χ1v) is 9.96. The van der Waals surface area contributed by atoms with E-state index in [1.54, 1.807) is 0 Å². The van der Waals surface area contributed by atoms with Crippen LogP contribution in [-0.2, 0) is 9.53 Å². The molecule has 134 valence electrons. The number of ether oxygens (including phenoxy) is 1. The molecule has 0 bridgehead atoms. The second-order valence-electron chi connectivity index (χ2n) is 9.22. The maximum Gasteiger partial charge on any atom is 0.302 e. The van der Waals surface area contributed by atoms with E-state index in [9.17, 15) is 9.90 Å². The first-order valence-electron chi connectivity index (χ1n) is 9.96. The number of fused-ring (bicyclic) bond motifs is 5. The van der Waals surface area contributed by atoms with Crippen molar-refractivity contribution in [1.82, 2.24) is 0 Å². The van der Waals surface area contributed by atoms with Gasteiger partial charge in [-0.25, -0.2) is 0 Å². The fourth-order valence-corrected chi connectivity index (χ4v) is 7.05. The van der Waals surface area contributed by atoms with Gasteiger partial charge in [0.05, 0.1) is 6.61 Å². The lowest BCUT2D eigenvalue weighted by atomic mass is 9.48. The van der Waals surface area contributed by atoms with Crippen LogP contribution in [0.15, 0.2) is 11.6 Å². The normalized spacial score (nSPS) is 47.2. The Balaban J connectivity index is 1.62. The minimum atomic E-state index is -0.176. The van der Waals surface area contributed by atoms with E-state index in [2.05, 4.69) is 13.0 Å². The molecule has 4 aliphatic rings. The molecule has 3 saturated carbocycles. The summed E-state index contributed by atoms with van der Waals surface area (Å²) in [7, 11) is 0. The fraction of sp³-hybridized carbons (Fsp3) is 0.857. The summed E-state index contributed by atoms with van der Waals surface area (Å²) in [6.45, 7) is 4.29. The molecular formula is C21H32O3. The summed E-state index contributed by atoms with van der Waals surface area (Å²) < 4.78 is 5.49. The summed E-state index contributed by atoms with van der Waals surface area (Å²) in [6.07, 6.45) is 13.1. The molecule has 6 atom stereocenters. The zero-order valence-electron chi connectivity index (χ0n) is 15.2. The van der Waals surface area contributed by atoms with Gasteiger partial charge in [0.2, 0.25) is 0 Å². The smallest absolute Gasteiger partial charge is 0.302 e. The average molecular weight is 332 g/mol. The predicted molar refractivity (Wildman–Crippen MR) is 93.3 cm³/mol. The largest absolute Gasteiger partial charge is 0.462 e. The summed E-state index contributed by atoms with van der Waals surface area (Å²) in [6, 6.07) is 0. The third kappa shape index (κ3) is 2.38. The zero-order valence-corrected chi connectivity index (χ0v) is 15.2. The van der Waals surface area contributed by atoms with Gasteiger partial charge in [0, 0.05) is 18.8 Å². The van der Waals surface area contributed by atoms with Crippen molar-refractivity contribution < 1.29 is 14.6 Å². The standard InChI is InChI=1S/C21H32O3/c1-14(23)24-16-7-11-21(13-22)15(12-16)5-6-17-18-4-3-9-20(18,2)10-8-19(17)21/h5,16-19,22H,3-4,6-13H2,1-2H3/t16?,17-,18-,19-,20-,21+/m0/s1. The van der Waals surface area contributed by atoms with Crippen molar-refractivity contribution in [1.29, 1.82) is 0 Å². The molecule has 1 unspecified atom stereocenters. The van der Waals surface area contributed by atoms with E-state index in [0.717, 1.165) is 31.1 Å². The zero-order chi connectivity index (χ0) is 16.9. The molecule has 0 amide bonds. The summed E-state index contributed by atoms with van der Waals surface area (Å²) in [5.41, 5.74) is 1.92. The van der Waals surface area contributed by atoms with Crippen LogP contribution in [0.5, 0.6) is 0 Å². The molecule has 0 aromatic heterocycles. The van der Waals surface area contributed by atoms with E-state index in [4.69, 9.17) is 4.74 Å². The van der Waals surface area contributed by atoms with Gasteiger partial charge in [0.15, 0.2) is 0 Å². The van der Waals surface area contributed by atoms with Crippen LogP contribution in [0.4, 0.5) is 0 Å². The van der Waals surface area contributed by atoms with Gasteiger partial charge in [-0.1, -0.05) is 25.0 Å². The lowest BCUT2D eigenvalue weighted by Gasteiger charge is -2.58. The summed E-state index contributed by atoms with van der Waals surface area (Å²) in [5, 5.41) is 10.4. The molecule has 0 saturated heterocycles. The van der Waals surface area contributed by atoms with Crippen LogP contribution in [-0.4, -0.2) is 23.8 Å². The first kappa shape index (κ1) is 16.6. The van der Waals surface area contributed by atoms with E-state index in [-0.39, 0.29) is 24.1 Å². The van der Waals surface area contributed by atoms with Crippen molar-refractivity contribution >= 4 is 5.97 Å². The molecule has 0 spiro atoms. The Morgan fingerprint density at radius 1 is 1.25 bits per heavy atom. The molecule has 0 aromatic rings. The van der Waals surface area contributed by atoms with Gasteiger partial charge >= 0.3 is 5.97 Å². The lowest BCUT2D eigenvalue weighted by molar-refractivity contribution is -0.149. The average Bonchev–Trinajstić information content (AvgIpc) is 2.95. The van der Waals surface area contributed by atoms with Crippen LogP contribution in [0, 0.1) is 28.6 Å². The summed E-state index contributed by atoms with van der Waals surface area (Å²) >= 11 is 0. The number of carbonyl (C=O) groups excluding carboxylic acids is 1. The Morgan fingerprint density at radius 2 is 2.08 bits per heavy atom. The Bertz CT molecular complexity index is 553. The first-order chi connectivity index (χ1) is 11.5. The van der Waals surface area contributed by atoms with E-state index in [1.165, 1.54) is 51.0 Å². The molecule has 3 heteroatoms. The highest BCUT2D eigenvalue weighted by molar-refractivity contribution is 5.66. The molecule has 1 N–H and O–H groups in total. The van der Waals surface area contributed by atoms with Gasteiger partial charge in [0.1, 0.15) is 6.10 Å². The molecule has 0 aliphatic heterocycles. The molecule has 0 heterocycles. The van der Waals surface area contributed by atoms with Crippen LogP contribution < -0.4 is 0 Å². The fourth-order valence-electron chi connectivity index (χ4n) is 7.05. The van der Waals surface area contributed by atoms with E-state index < -0.39 is 0 Å². The number of hydrogen-bond acceptors (Lipinski definition) is 3. The highest BCUT2D eigenvalue weighted by Crippen LogP contribution is 2.64. The van der Waals surface area contributed by atoms with Crippen molar-refractivity contribution in [3.8, 4) is 0 Å². The second-order valence-corrected chi connectivity index (χ2v) is 9.22. The van der Waals surface area contributed by atoms with E-state index in [0.29, 0.717) is 11.3 Å². The van der Waals surface area contributed by atoms with Crippen molar-refractivity contribution in [3.05, 3.63) is 11.6 Å². The van der Waals surface area contributed by atoms with E-state index >= 15 is 0 Å². The highest BCUT2D eigenvalue weighted by atomic mass is 16.5. The predicted octanol–water partition coefficient (Wildman–Crippen LogP) is 4.24. The van der Waals surface area contributed by atoms with Gasteiger partial charge < -0.3 is 9.84 Å². The van der Waals surface area contributed by atoms with Crippen molar-refractivity contribution in [2.45, 2.75) is 77.7 Å². The highest BCUT2D eigenvalue weighted by Gasteiger charge is 2.57. The van der Waals surface area contributed by atoms with Crippen LogP contribution in [0.1, 0.15) is 71.6 Å². The maximum atomic E-state index is 11.3. The third-order valence-corrected chi connectivity index (χ3v) is 8.18. The number of aliphatic hydroxyl groups is 1. The number of allylic oxidation sites excluding steroid dienone is 1. The maximum absolute atomic E-state index is 11.3. The van der Waals surface area contributed by atoms with Gasteiger partial charge in [-0.05, 0) is 68.1 Å². The minimum absolute atomic E-state index is 0.0188. The van der Waals surface area contributed by atoms with Crippen LogP contribution in [0.3, 0.4) is 0 Å². The molecule has 0 aromatic carbocycles. The van der Waals surface area contributed by atoms with Crippen LogP contribution >= 0.6 is 0 Å². The van der Waals surface area contributed by atoms with Gasteiger partial charge in [0.25, 0.3) is 0 Å².